The second-order valence-electron chi connectivity index (χ2n) is 15.0. The number of allylic oxidation sites excluding steroid dienone is 1. The highest BCUT2D eigenvalue weighted by Crippen LogP contribution is 2.66. The van der Waals surface area contributed by atoms with E-state index in [1.54, 1.807) is 0 Å². The van der Waals surface area contributed by atoms with Crippen LogP contribution in [0.15, 0.2) is 72.3 Å². The fraction of sp³-hybridized carbons (Fsp3) is 0.583. The van der Waals surface area contributed by atoms with Crippen molar-refractivity contribution < 1.29 is 28.9 Å². The van der Waals surface area contributed by atoms with Gasteiger partial charge in [-0.05, 0) is 64.8 Å². The average molecular weight is 605 g/mol. The summed E-state index contributed by atoms with van der Waals surface area (Å²) in [7, 11) is -2.80. The van der Waals surface area contributed by atoms with Crippen LogP contribution in [0.4, 0.5) is 0 Å². The number of epoxide rings is 1. The Labute approximate surface area is 257 Å². The monoisotopic (exact) mass is 604 g/mol. The zero-order valence-corrected chi connectivity index (χ0v) is 27.3. The molecule has 2 N–H and O–H groups in total. The van der Waals surface area contributed by atoms with Crippen molar-refractivity contribution in [1.82, 2.24) is 0 Å². The first-order valence-corrected chi connectivity index (χ1v) is 17.9. The molecule has 6 rings (SSSR count). The van der Waals surface area contributed by atoms with Crippen LogP contribution in [0.2, 0.25) is 5.04 Å². The van der Waals surface area contributed by atoms with Gasteiger partial charge in [0.1, 0.15) is 12.7 Å². The Balaban J connectivity index is 1.37. The van der Waals surface area contributed by atoms with Crippen LogP contribution in [0.25, 0.3) is 0 Å². The normalized spacial score (nSPS) is 36.9. The van der Waals surface area contributed by atoms with E-state index in [9.17, 15) is 15.0 Å². The Morgan fingerprint density at radius 1 is 0.977 bits per heavy atom. The molecule has 0 bridgehead atoms. The van der Waals surface area contributed by atoms with E-state index in [1.807, 2.05) is 6.08 Å². The molecule has 2 saturated heterocycles. The molecule has 4 aliphatic rings. The summed E-state index contributed by atoms with van der Waals surface area (Å²) < 4.78 is 18.8. The van der Waals surface area contributed by atoms with Gasteiger partial charge in [-0.2, -0.15) is 0 Å². The maximum absolute atomic E-state index is 12.3. The zero-order chi connectivity index (χ0) is 30.7. The maximum Gasteiger partial charge on any atom is 0.336 e. The Morgan fingerprint density at radius 2 is 1.58 bits per heavy atom. The smallest absolute Gasteiger partial charge is 0.336 e. The highest BCUT2D eigenvalue weighted by Gasteiger charge is 2.67. The van der Waals surface area contributed by atoms with Crippen molar-refractivity contribution in [3.63, 3.8) is 0 Å². The lowest BCUT2D eigenvalue weighted by molar-refractivity contribution is -0.173. The molecule has 2 aromatic carbocycles. The molecule has 2 heterocycles. The van der Waals surface area contributed by atoms with Crippen LogP contribution in [0, 0.1) is 22.7 Å². The number of carbonyl (C=O) groups is 1. The molecule has 2 aliphatic carbocycles. The summed E-state index contributed by atoms with van der Waals surface area (Å²) in [5, 5.41) is 24.5. The van der Waals surface area contributed by atoms with E-state index in [0.717, 1.165) is 25.9 Å². The minimum atomic E-state index is -2.80. The Morgan fingerprint density at radius 3 is 2.09 bits per heavy atom. The van der Waals surface area contributed by atoms with Crippen molar-refractivity contribution in [3.8, 4) is 0 Å². The quantitative estimate of drug-likeness (QED) is 0.205. The van der Waals surface area contributed by atoms with Gasteiger partial charge in [-0.15, -0.1) is 0 Å². The van der Waals surface area contributed by atoms with Gasteiger partial charge in [0, 0.05) is 12.0 Å². The third kappa shape index (κ3) is 4.96. The predicted octanol–water partition coefficient (Wildman–Crippen LogP) is 4.76. The van der Waals surface area contributed by atoms with E-state index in [0.29, 0.717) is 25.0 Å². The van der Waals surface area contributed by atoms with Gasteiger partial charge >= 0.3 is 5.97 Å². The molecule has 2 aromatic rings. The van der Waals surface area contributed by atoms with Crippen molar-refractivity contribution in [1.29, 1.82) is 0 Å². The van der Waals surface area contributed by atoms with Gasteiger partial charge in [-0.3, -0.25) is 0 Å². The first kappa shape index (κ1) is 30.7. The van der Waals surface area contributed by atoms with Gasteiger partial charge in [-0.25, -0.2) is 4.79 Å². The van der Waals surface area contributed by atoms with Crippen molar-refractivity contribution in [2.75, 3.05) is 19.8 Å². The van der Waals surface area contributed by atoms with Gasteiger partial charge in [-0.1, -0.05) is 101 Å². The molecule has 0 aromatic heterocycles. The predicted molar refractivity (Wildman–Crippen MR) is 170 cm³/mol. The molecular weight excluding hydrogens is 556 g/mol. The molecule has 43 heavy (non-hydrogen) atoms. The summed E-state index contributed by atoms with van der Waals surface area (Å²) in [5.74, 6) is -0.0365. The molecule has 2 aliphatic heterocycles. The number of cyclic esters (lactones) is 1. The lowest BCUT2D eigenvalue weighted by atomic mass is 9.45. The Bertz CT molecular complexity index is 1310. The van der Waals surface area contributed by atoms with Gasteiger partial charge in [0.15, 0.2) is 0 Å². The number of ether oxygens (including phenoxy) is 2. The van der Waals surface area contributed by atoms with Crippen LogP contribution in [-0.2, 0) is 18.7 Å². The summed E-state index contributed by atoms with van der Waals surface area (Å²) in [6.07, 6.45) is 4.68. The largest absolute Gasteiger partial charge is 0.459 e. The summed E-state index contributed by atoms with van der Waals surface area (Å²) in [4.78, 5) is 12.3. The molecule has 1 spiro atoms. The third-order valence-electron chi connectivity index (χ3n) is 11.7. The summed E-state index contributed by atoms with van der Waals surface area (Å²) in [6, 6.07) is 21.4. The van der Waals surface area contributed by atoms with Crippen molar-refractivity contribution in [2.24, 2.45) is 22.7 Å². The van der Waals surface area contributed by atoms with E-state index >= 15 is 0 Å². The molecule has 7 heteroatoms. The van der Waals surface area contributed by atoms with Crippen LogP contribution in [0.1, 0.15) is 66.7 Å². The molecule has 232 valence electrons. The van der Waals surface area contributed by atoms with Gasteiger partial charge in [0.05, 0.1) is 23.9 Å². The highest BCUT2D eigenvalue weighted by molar-refractivity contribution is 6.99. The highest BCUT2D eigenvalue weighted by atomic mass is 28.4. The summed E-state index contributed by atoms with van der Waals surface area (Å²) >= 11 is 0. The number of esters is 1. The average Bonchev–Trinajstić information content (AvgIpc) is 3.68. The van der Waals surface area contributed by atoms with E-state index in [4.69, 9.17) is 13.9 Å². The number of carbonyl (C=O) groups excluding carboxylic acids is 1. The van der Waals surface area contributed by atoms with Crippen LogP contribution in [0.3, 0.4) is 0 Å². The van der Waals surface area contributed by atoms with Crippen molar-refractivity contribution >= 4 is 24.7 Å². The first-order valence-electron chi connectivity index (χ1n) is 16.0. The van der Waals surface area contributed by atoms with Crippen LogP contribution in [-0.4, -0.2) is 62.1 Å². The molecule has 1 unspecified atom stereocenters. The number of rotatable bonds is 7. The van der Waals surface area contributed by atoms with E-state index in [2.05, 4.69) is 95.3 Å². The molecule has 4 fully saturated rings. The third-order valence-corrected chi connectivity index (χ3v) is 16.7. The van der Waals surface area contributed by atoms with Crippen LogP contribution < -0.4 is 10.4 Å². The number of aliphatic hydroxyl groups excluding tert-OH is 2. The minimum Gasteiger partial charge on any atom is -0.459 e. The van der Waals surface area contributed by atoms with E-state index in [1.165, 1.54) is 10.4 Å². The minimum absolute atomic E-state index is 0.0285. The van der Waals surface area contributed by atoms with Crippen LogP contribution in [0.5, 0.6) is 0 Å². The molecule has 0 radical (unpaired) electrons. The number of fused-ring (bicyclic) bond motifs is 1. The Hall–Kier alpha value is -2.29. The lowest BCUT2D eigenvalue weighted by Crippen LogP contribution is -2.68. The van der Waals surface area contributed by atoms with Gasteiger partial charge < -0.3 is 24.1 Å². The van der Waals surface area contributed by atoms with Crippen molar-refractivity contribution in [3.05, 3.63) is 72.3 Å². The number of hydrogen-bond acceptors (Lipinski definition) is 6. The lowest BCUT2D eigenvalue weighted by Gasteiger charge is -2.61. The van der Waals surface area contributed by atoms with E-state index in [-0.39, 0.29) is 34.5 Å². The molecular formula is C36H48O6Si. The van der Waals surface area contributed by atoms with Gasteiger partial charge in [0.2, 0.25) is 0 Å². The molecule has 2 saturated carbocycles. The van der Waals surface area contributed by atoms with Gasteiger partial charge in [0.25, 0.3) is 8.32 Å². The van der Waals surface area contributed by atoms with Crippen LogP contribution >= 0.6 is 0 Å². The molecule has 0 amide bonds. The fourth-order valence-electron chi connectivity index (χ4n) is 9.25. The maximum atomic E-state index is 12.3. The second-order valence-corrected chi connectivity index (χ2v) is 19.3. The fourth-order valence-corrected chi connectivity index (χ4v) is 13.9. The number of hydrogen-bond donors (Lipinski definition) is 2. The topological polar surface area (TPSA) is 88.5 Å². The summed E-state index contributed by atoms with van der Waals surface area (Å²) in [5.41, 5.74) is -0.414. The second kappa shape index (κ2) is 11.0. The number of benzene rings is 2. The molecule has 7 atom stereocenters. The van der Waals surface area contributed by atoms with Crippen molar-refractivity contribution in [2.45, 2.75) is 89.6 Å². The molecule has 6 nitrogen and oxygen atoms in total. The summed E-state index contributed by atoms with van der Waals surface area (Å²) in [6.45, 7) is 12.7. The Kier molecular flexibility index (Phi) is 7.82. The standard InChI is InChI=1S/C36H48O6Si/c1-33(2,3)43(25-12-8-6-9-13-25,26-14-10-7-11-15-26)42-23-35(5)29-18-21-36(24-41-36)30(34(29,4)20-19-31(35)38)17-16-27-28(37)22-40-32(27)39/h6-16,28-31,37-38H,17-24H2,1-5H3/t28-,29?,30+,31-,34-,35+,36-/m1/s1. The van der Waals surface area contributed by atoms with E-state index < -0.39 is 31.9 Å². The first-order chi connectivity index (χ1) is 20.4. The zero-order valence-electron chi connectivity index (χ0n) is 26.3. The number of aliphatic hydroxyl groups is 2. The SMILES string of the molecule is CC(C)(C)[Si](OC[C@@]1(C)C2CC[C@@]3(CO3)[C@@H](CC=C3C(=O)OC[C@H]3O)[C@]2(C)CC[C@H]1O)(c1ccccc1)c1ccccc1.